The third kappa shape index (κ3) is 8.33. The van der Waals surface area contributed by atoms with Gasteiger partial charge in [-0.1, -0.05) is 32.9 Å². The molecule has 1 aliphatic heterocycles. The second-order valence-corrected chi connectivity index (χ2v) is 10.8. The van der Waals surface area contributed by atoms with E-state index in [9.17, 15) is 29.1 Å². The SMILES string of the molecule is CC(=O)OC[C@H]1O[C@@H](O[C@@H](C)/C=C/[C@@]2(O)[C@@H](C)CC(=O)CC2(C)C)[C@H](OC(C)=O)[C@@H](OC(C)=O)[C@@H]1OC(C)=O. The topological polar surface area (TPSA) is 161 Å². The molecule has 12 nitrogen and oxygen atoms in total. The van der Waals surface area contributed by atoms with Crippen LogP contribution in [-0.4, -0.2) is 83.8 Å². The highest BCUT2D eigenvalue weighted by Crippen LogP contribution is 2.46. The molecule has 39 heavy (non-hydrogen) atoms. The van der Waals surface area contributed by atoms with Crippen molar-refractivity contribution in [1.29, 1.82) is 0 Å². The lowest BCUT2D eigenvalue weighted by molar-refractivity contribution is -0.312. The van der Waals surface area contributed by atoms with E-state index in [0.717, 1.165) is 20.8 Å². The first-order valence-corrected chi connectivity index (χ1v) is 12.9. The summed E-state index contributed by atoms with van der Waals surface area (Å²) in [4.78, 5) is 59.4. The molecule has 0 spiro atoms. The number of carbonyl (C=O) groups excluding carboxylic acids is 5. The average molecular weight is 557 g/mol. The fourth-order valence-electron chi connectivity index (χ4n) is 5.10. The van der Waals surface area contributed by atoms with Crippen LogP contribution in [0.3, 0.4) is 0 Å². The summed E-state index contributed by atoms with van der Waals surface area (Å²) >= 11 is 0. The lowest BCUT2D eigenvalue weighted by Crippen LogP contribution is -2.63. The number of rotatable bonds is 9. The zero-order valence-corrected chi connectivity index (χ0v) is 23.8. The maximum atomic E-state index is 12.1. The van der Waals surface area contributed by atoms with Crippen molar-refractivity contribution in [2.75, 3.05) is 6.61 Å². The van der Waals surface area contributed by atoms with Gasteiger partial charge in [0.25, 0.3) is 0 Å². The summed E-state index contributed by atoms with van der Waals surface area (Å²) in [6, 6.07) is 0. The van der Waals surface area contributed by atoms with Gasteiger partial charge in [-0.15, -0.1) is 0 Å². The summed E-state index contributed by atoms with van der Waals surface area (Å²) in [5.41, 5.74) is -2.04. The smallest absolute Gasteiger partial charge is 0.303 e. The van der Waals surface area contributed by atoms with Crippen molar-refractivity contribution in [3.8, 4) is 0 Å². The van der Waals surface area contributed by atoms with Gasteiger partial charge in [0.15, 0.2) is 24.6 Å². The lowest BCUT2D eigenvalue weighted by atomic mass is 9.60. The van der Waals surface area contributed by atoms with Crippen molar-refractivity contribution in [2.45, 2.75) is 111 Å². The minimum absolute atomic E-state index is 0.0763. The molecule has 0 amide bonds. The largest absolute Gasteiger partial charge is 0.463 e. The van der Waals surface area contributed by atoms with Gasteiger partial charge in [-0.3, -0.25) is 24.0 Å². The Kier molecular flexibility index (Phi) is 10.8. The first-order chi connectivity index (χ1) is 18.0. The van der Waals surface area contributed by atoms with E-state index in [2.05, 4.69) is 0 Å². The van der Waals surface area contributed by atoms with Crippen LogP contribution in [-0.2, 0) is 52.4 Å². The third-order valence-electron chi connectivity index (χ3n) is 6.93. The van der Waals surface area contributed by atoms with Gasteiger partial charge in [0.1, 0.15) is 18.5 Å². The second kappa shape index (κ2) is 13.0. The quantitative estimate of drug-likeness (QED) is 0.249. The molecule has 1 saturated carbocycles. The van der Waals surface area contributed by atoms with Crippen LogP contribution in [0.15, 0.2) is 12.2 Å². The van der Waals surface area contributed by atoms with Gasteiger partial charge in [0, 0.05) is 46.0 Å². The minimum atomic E-state index is -1.36. The molecule has 1 aliphatic carbocycles. The molecule has 0 aromatic carbocycles. The number of esters is 4. The van der Waals surface area contributed by atoms with Crippen LogP contribution in [0.4, 0.5) is 0 Å². The molecule has 220 valence electrons. The van der Waals surface area contributed by atoms with Crippen molar-refractivity contribution in [3.05, 3.63) is 12.2 Å². The zero-order valence-electron chi connectivity index (χ0n) is 23.8. The molecule has 1 heterocycles. The molecular weight excluding hydrogens is 516 g/mol. The Morgan fingerprint density at radius 3 is 2.03 bits per heavy atom. The van der Waals surface area contributed by atoms with Crippen molar-refractivity contribution >= 4 is 29.7 Å². The summed E-state index contributed by atoms with van der Waals surface area (Å²) < 4.78 is 33.2. The van der Waals surface area contributed by atoms with Gasteiger partial charge in [0.2, 0.25) is 0 Å². The number of hydrogen-bond acceptors (Lipinski definition) is 12. The molecule has 0 radical (unpaired) electrons. The molecule has 1 N–H and O–H groups in total. The number of aliphatic hydroxyl groups is 1. The summed E-state index contributed by atoms with van der Waals surface area (Å²) in [7, 11) is 0. The van der Waals surface area contributed by atoms with Crippen LogP contribution in [0, 0.1) is 11.3 Å². The van der Waals surface area contributed by atoms with Crippen molar-refractivity contribution in [2.24, 2.45) is 11.3 Å². The molecule has 2 fully saturated rings. The van der Waals surface area contributed by atoms with Crippen LogP contribution in [0.2, 0.25) is 0 Å². The maximum Gasteiger partial charge on any atom is 0.303 e. The second-order valence-electron chi connectivity index (χ2n) is 10.8. The summed E-state index contributed by atoms with van der Waals surface area (Å²) in [6.07, 6.45) is -3.57. The minimum Gasteiger partial charge on any atom is -0.463 e. The molecule has 0 aromatic heterocycles. The van der Waals surface area contributed by atoms with E-state index in [0.29, 0.717) is 0 Å². The van der Waals surface area contributed by atoms with Gasteiger partial charge in [0.05, 0.1) is 11.7 Å². The monoisotopic (exact) mass is 556 g/mol. The van der Waals surface area contributed by atoms with Crippen molar-refractivity contribution in [1.82, 2.24) is 0 Å². The number of Topliss-reactive ketones (excluding diaryl/α,β-unsaturated/α-hetero) is 1. The van der Waals surface area contributed by atoms with E-state index in [1.165, 1.54) is 6.92 Å². The summed E-state index contributed by atoms with van der Waals surface area (Å²) in [5, 5.41) is 11.5. The average Bonchev–Trinajstić information content (AvgIpc) is 2.77. The highest BCUT2D eigenvalue weighted by molar-refractivity contribution is 5.81. The van der Waals surface area contributed by atoms with Crippen LogP contribution in [0.25, 0.3) is 0 Å². The molecule has 2 aliphatic rings. The highest BCUT2D eigenvalue weighted by Gasteiger charge is 2.53. The van der Waals surface area contributed by atoms with E-state index in [-0.39, 0.29) is 31.1 Å². The molecule has 0 aromatic rings. The Labute approximate surface area is 228 Å². The molecule has 8 atom stereocenters. The van der Waals surface area contributed by atoms with E-state index in [4.69, 9.17) is 28.4 Å². The first kappa shape index (κ1) is 32.4. The zero-order chi connectivity index (χ0) is 29.7. The Hall–Kier alpha value is -2.83. The number of hydrogen-bond donors (Lipinski definition) is 1. The normalized spacial score (nSPS) is 33.2. The van der Waals surface area contributed by atoms with Gasteiger partial charge in [-0.2, -0.15) is 0 Å². The predicted octanol–water partition coefficient (Wildman–Crippen LogP) is 1.79. The molecule has 0 unspecified atom stereocenters. The summed E-state index contributed by atoms with van der Waals surface area (Å²) in [6.45, 7) is 11.3. The van der Waals surface area contributed by atoms with Gasteiger partial charge in [-0.25, -0.2) is 0 Å². The predicted molar refractivity (Wildman–Crippen MR) is 134 cm³/mol. The van der Waals surface area contributed by atoms with E-state index >= 15 is 0 Å². The number of ether oxygens (including phenoxy) is 6. The van der Waals surface area contributed by atoms with E-state index in [1.807, 2.05) is 13.8 Å². The Bertz CT molecular complexity index is 972. The van der Waals surface area contributed by atoms with Gasteiger partial charge in [-0.05, 0) is 12.8 Å². The Balaban J connectivity index is 2.39. The fraction of sp³-hybridized carbons (Fsp3) is 0.741. The first-order valence-electron chi connectivity index (χ1n) is 12.9. The molecular formula is C27H40O12. The van der Waals surface area contributed by atoms with Gasteiger partial charge < -0.3 is 33.5 Å². The molecule has 1 saturated heterocycles. The van der Waals surface area contributed by atoms with Gasteiger partial charge >= 0.3 is 23.9 Å². The fourth-order valence-corrected chi connectivity index (χ4v) is 5.10. The molecule has 12 heteroatoms. The molecule has 2 rings (SSSR count). The van der Waals surface area contributed by atoms with Crippen LogP contribution >= 0.6 is 0 Å². The summed E-state index contributed by atoms with van der Waals surface area (Å²) in [5.74, 6) is -3.12. The Morgan fingerprint density at radius 2 is 1.51 bits per heavy atom. The van der Waals surface area contributed by atoms with E-state index in [1.54, 1.807) is 26.0 Å². The van der Waals surface area contributed by atoms with E-state index < -0.39 is 71.7 Å². The maximum absolute atomic E-state index is 12.1. The van der Waals surface area contributed by atoms with Crippen molar-refractivity contribution < 1.29 is 57.5 Å². The van der Waals surface area contributed by atoms with Crippen molar-refractivity contribution in [3.63, 3.8) is 0 Å². The van der Waals surface area contributed by atoms with Crippen LogP contribution in [0.1, 0.15) is 68.2 Å². The third-order valence-corrected chi connectivity index (χ3v) is 6.93. The lowest BCUT2D eigenvalue weighted by Gasteiger charge is -2.48. The Morgan fingerprint density at radius 1 is 0.974 bits per heavy atom. The highest BCUT2D eigenvalue weighted by atomic mass is 16.7. The van der Waals surface area contributed by atoms with Crippen LogP contribution in [0.5, 0.6) is 0 Å². The standard InChI is InChI=1S/C27H40O12/c1-14-11-20(32)12-26(7,8)27(14,33)10-9-15(2)35-25-24(38-19(6)31)23(37-18(5)30)22(36-17(4)29)21(39-25)13-34-16(3)28/h9-10,14-15,21-25,33H,11-13H2,1-8H3/b10-9+/t14-,15-,21+,22+,23-,24+,25+,27+/m0/s1. The molecule has 0 bridgehead atoms. The number of ketones is 1. The number of carbonyl (C=O) groups is 5. The van der Waals surface area contributed by atoms with Crippen LogP contribution < -0.4 is 0 Å².